The molecule has 3 rings (SSSR count). The molecule has 1 aromatic heterocycles. The first-order chi connectivity index (χ1) is 12.6. The second-order valence-corrected chi connectivity index (χ2v) is 6.16. The van der Waals surface area contributed by atoms with Crippen LogP contribution in [0.25, 0.3) is 11.0 Å². The molecule has 1 heterocycles. The fourth-order valence-electron chi connectivity index (χ4n) is 2.43. The Morgan fingerprint density at radius 3 is 2.65 bits per heavy atom. The number of para-hydroxylation sites is 2. The van der Waals surface area contributed by atoms with Gasteiger partial charge < -0.3 is 15.0 Å². The first kappa shape index (κ1) is 17.9. The summed E-state index contributed by atoms with van der Waals surface area (Å²) in [5.74, 6) is 0.0825. The SMILES string of the molecule is O=C(CCCNC(=O)c1ccc(Cl)cc1)OCc1nc2ccccc2[nH]1. The van der Waals surface area contributed by atoms with Crippen molar-refractivity contribution >= 4 is 34.5 Å². The van der Waals surface area contributed by atoms with Crippen molar-refractivity contribution in [3.8, 4) is 0 Å². The van der Waals surface area contributed by atoms with Gasteiger partial charge in [0.25, 0.3) is 5.91 Å². The average molecular weight is 372 g/mol. The number of nitrogens with one attached hydrogen (secondary N) is 2. The van der Waals surface area contributed by atoms with Crippen molar-refractivity contribution in [3.05, 3.63) is 64.9 Å². The van der Waals surface area contributed by atoms with Crippen molar-refractivity contribution < 1.29 is 14.3 Å². The van der Waals surface area contributed by atoms with E-state index in [0.29, 0.717) is 29.4 Å². The summed E-state index contributed by atoms with van der Waals surface area (Å²) in [5, 5.41) is 3.33. The zero-order chi connectivity index (χ0) is 18.4. The van der Waals surface area contributed by atoms with Gasteiger partial charge >= 0.3 is 5.97 Å². The van der Waals surface area contributed by atoms with Crippen LogP contribution in [-0.2, 0) is 16.1 Å². The average Bonchev–Trinajstić information content (AvgIpc) is 3.07. The predicted molar refractivity (Wildman–Crippen MR) is 98.9 cm³/mol. The van der Waals surface area contributed by atoms with Crippen LogP contribution in [0.5, 0.6) is 0 Å². The third-order valence-corrected chi connectivity index (χ3v) is 4.01. The van der Waals surface area contributed by atoms with Gasteiger partial charge in [0.1, 0.15) is 12.4 Å². The molecule has 2 aromatic carbocycles. The Morgan fingerprint density at radius 1 is 1.12 bits per heavy atom. The zero-order valence-corrected chi connectivity index (χ0v) is 14.8. The van der Waals surface area contributed by atoms with Crippen LogP contribution >= 0.6 is 11.6 Å². The van der Waals surface area contributed by atoms with Gasteiger partial charge in [-0.25, -0.2) is 4.98 Å². The zero-order valence-electron chi connectivity index (χ0n) is 14.0. The molecule has 0 unspecified atom stereocenters. The number of nitrogens with zero attached hydrogens (tertiary/aromatic N) is 1. The van der Waals surface area contributed by atoms with E-state index in [1.807, 2.05) is 24.3 Å². The monoisotopic (exact) mass is 371 g/mol. The van der Waals surface area contributed by atoms with Gasteiger partial charge in [0.15, 0.2) is 0 Å². The number of hydrogen-bond donors (Lipinski definition) is 2. The van der Waals surface area contributed by atoms with Gasteiger partial charge in [0.2, 0.25) is 0 Å². The highest BCUT2D eigenvalue weighted by Gasteiger charge is 2.08. The van der Waals surface area contributed by atoms with E-state index in [1.54, 1.807) is 24.3 Å². The van der Waals surface area contributed by atoms with Crippen LogP contribution in [0, 0.1) is 0 Å². The van der Waals surface area contributed by atoms with Crippen LogP contribution in [0.3, 0.4) is 0 Å². The molecule has 0 aliphatic carbocycles. The first-order valence-corrected chi connectivity index (χ1v) is 8.62. The number of rotatable bonds is 7. The number of aromatic amines is 1. The van der Waals surface area contributed by atoms with Gasteiger partial charge in [-0.05, 0) is 42.8 Å². The van der Waals surface area contributed by atoms with Gasteiger partial charge in [0, 0.05) is 23.6 Å². The molecule has 0 aliphatic heterocycles. The van der Waals surface area contributed by atoms with Gasteiger partial charge in [-0.1, -0.05) is 23.7 Å². The maximum absolute atomic E-state index is 11.9. The van der Waals surface area contributed by atoms with Crippen molar-refractivity contribution in [2.75, 3.05) is 6.54 Å². The Balaban J connectivity index is 1.36. The molecule has 6 nitrogen and oxygen atoms in total. The lowest BCUT2D eigenvalue weighted by Crippen LogP contribution is -2.25. The van der Waals surface area contributed by atoms with E-state index in [4.69, 9.17) is 16.3 Å². The number of aromatic nitrogens is 2. The fraction of sp³-hybridized carbons (Fsp3) is 0.211. The Kier molecular flexibility index (Phi) is 5.86. The molecule has 0 bridgehead atoms. The number of fused-ring (bicyclic) bond motifs is 1. The van der Waals surface area contributed by atoms with Crippen LogP contribution in [0.4, 0.5) is 0 Å². The minimum absolute atomic E-state index is 0.102. The normalized spacial score (nSPS) is 10.7. The lowest BCUT2D eigenvalue weighted by Gasteiger charge is -2.06. The van der Waals surface area contributed by atoms with E-state index in [2.05, 4.69) is 15.3 Å². The molecule has 0 spiro atoms. The van der Waals surface area contributed by atoms with E-state index in [1.165, 1.54) is 0 Å². The second kappa shape index (κ2) is 8.49. The third-order valence-electron chi connectivity index (χ3n) is 3.76. The maximum Gasteiger partial charge on any atom is 0.306 e. The Morgan fingerprint density at radius 2 is 1.88 bits per heavy atom. The lowest BCUT2D eigenvalue weighted by molar-refractivity contribution is -0.145. The minimum atomic E-state index is -0.328. The van der Waals surface area contributed by atoms with E-state index in [-0.39, 0.29) is 24.9 Å². The van der Waals surface area contributed by atoms with E-state index >= 15 is 0 Å². The van der Waals surface area contributed by atoms with Crippen molar-refractivity contribution in [3.63, 3.8) is 0 Å². The maximum atomic E-state index is 11.9. The molecule has 0 fully saturated rings. The van der Waals surface area contributed by atoms with Crippen molar-refractivity contribution in [2.24, 2.45) is 0 Å². The molecule has 3 aromatic rings. The minimum Gasteiger partial charge on any atom is -0.458 e. The molecule has 2 N–H and O–H groups in total. The molecule has 1 amide bonds. The third kappa shape index (κ3) is 4.83. The summed E-state index contributed by atoms with van der Waals surface area (Å²) in [6, 6.07) is 14.2. The number of H-pyrrole nitrogens is 1. The number of ether oxygens (including phenoxy) is 1. The molecule has 7 heteroatoms. The number of amides is 1. The van der Waals surface area contributed by atoms with Crippen LogP contribution in [0.15, 0.2) is 48.5 Å². The molecule has 0 saturated heterocycles. The highest BCUT2D eigenvalue weighted by molar-refractivity contribution is 6.30. The van der Waals surface area contributed by atoms with Gasteiger partial charge in [0.05, 0.1) is 11.0 Å². The molecule has 26 heavy (non-hydrogen) atoms. The largest absolute Gasteiger partial charge is 0.458 e. The summed E-state index contributed by atoms with van der Waals surface area (Å²) in [4.78, 5) is 31.2. The molecule has 0 saturated carbocycles. The smallest absolute Gasteiger partial charge is 0.306 e. The topological polar surface area (TPSA) is 84.1 Å². The van der Waals surface area contributed by atoms with Crippen LogP contribution < -0.4 is 5.32 Å². The lowest BCUT2D eigenvalue weighted by atomic mass is 10.2. The molecule has 0 atom stereocenters. The van der Waals surface area contributed by atoms with E-state index < -0.39 is 0 Å². The second-order valence-electron chi connectivity index (χ2n) is 5.73. The number of imidazole rings is 1. The number of hydrogen-bond acceptors (Lipinski definition) is 4. The summed E-state index contributed by atoms with van der Waals surface area (Å²) >= 11 is 5.79. The number of carbonyl (C=O) groups excluding carboxylic acids is 2. The van der Waals surface area contributed by atoms with E-state index in [9.17, 15) is 9.59 Å². The summed E-state index contributed by atoms with van der Waals surface area (Å²) < 4.78 is 5.20. The van der Waals surface area contributed by atoms with Gasteiger partial charge in [-0.2, -0.15) is 0 Å². The number of halogens is 1. The first-order valence-electron chi connectivity index (χ1n) is 8.25. The molecule has 134 valence electrons. The van der Waals surface area contributed by atoms with Crippen molar-refractivity contribution in [1.82, 2.24) is 15.3 Å². The Labute approximate surface area is 155 Å². The summed E-state index contributed by atoms with van der Waals surface area (Å²) in [7, 11) is 0. The summed E-state index contributed by atoms with van der Waals surface area (Å²) in [6.07, 6.45) is 0.722. The van der Waals surface area contributed by atoms with Crippen molar-refractivity contribution in [1.29, 1.82) is 0 Å². The highest BCUT2D eigenvalue weighted by atomic mass is 35.5. The quantitative estimate of drug-likeness (QED) is 0.492. The molecular weight excluding hydrogens is 354 g/mol. The van der Waals surface area contributed by atoms with Crippen molar-refractivity contribution in [2.45, 2.75) is 19.4 Å². The van der Waals surface area contributed by atoms with Crippen LogP contribution in [0.1, 0.15) is 29.0 Å². The number of esters is 1. The molecular formula is C19H18ClN3O3. The fourth-order valence-corrected chi connectivity index (χ4v) is 2.56. The molecule has 0 aliphatic rings. The summed E-state index contributed by atoms with van der Waals surface area (Å²) in [5.41, 5.74) is 2.27. The number of carbonyl (C=O) groups is 2. The summed E-state index contributed by atoms with van der Waals surface area (Å²) in [6.45, 7) is 0.492. The standard InChI is InChI=1S/C19H18ClN3O3/c20-14-9-7-13(8-10-14)19(25)21-11-3-6-18(24)26-12-17-22-15-4-1-2-5-16(15)23-17/h1-2,4-5,7-10H,3,6,11-12H2,(H,21,25)(H,22,23). The van der Waals surface area contributed by atoms with Gasteiger partial charge in [-0.3, -0.25) is 9.59 Å². The van der Waals surface area contributed by atoms with Gasteiger partial charge in [-0.15, -0.1) is 0 Å². The van der Waals surface area contributed by atoms with E-state index in [0.717, 1.165) is 11.0 Å². The predicted octanol–water partition coefficient (Wildman–Crippen LogP) is 3.47. The highest BCUT2D eigenvalue weighted by Crippen LogP contribution is 2.11. The Bertz CT molecular complexity index is 873. The molecule has 0 radical (unpaired) electrons. The van der Waals surface area contributed by atoms with Crippen LogP contribution in [-0.4, -0.2) is 28.4 Å². The number of benzene rings is 2. The Hall–Kier alpha value is -2.86. The van der Waals surface area contributed by atoms with Crippen LogP contribution in [0.2, 0.25) is 5.02 Å².